The second-order valence-electron chi connectivity index (χ2n) is 7.57. The van der Waals surface area contributed by atoms with Crippen LogP contribution in [0.1, 0.15) is 81.0 Å². The van der Waals surface area contributed by atoms with E-state index >= 15 is 0 Å². The lowest BCUT2D eigenvalue weighted by Crippen LogP contribution is -2.46. The summed E-state index contributed by atoms with van der Waals surface area (Å²) >= 11 is 0. The van der Waals surface area contributed by atoms with Gasteiger partial charge in [0, 0.05) is 46.1 Å². The van der Waals surface area contributed by atoms with E-state index in [0.29, 0.717) is 33.0 Å². The Hall–Kier alpha value is -3.02. The first kappa shape index (κ1) is 18.3. The van der Waals surface area contributed by atoms with E-state index in [4.69, 9.17) is 0 Å². The van der Waals surface area contributed by atoms with Crippen LogP contribution in [-0.4, -0.2) is 46.5 Å². The third-order valence-electron chi connectivity index (χ3n) is 5.80. The number of hydrogen-bond donors (Lipinski definition) is 0. The number of unbranched alkanes of at least 4 members (excludes halogenated alkanes) is 2. The molecule has 6 nitrogen and oxygen atoms in total. The average molecular weight is 378 g/mol. The van der Waals surface area contributed by atoms with Crippen LogP contribution < -0.4 is 0 Å². The van der Waals surface area contributed by atoms with Crippen molar-refractivity contribution in [1.82, 2.24) is 9.80 Å². The van der Waals surface area contributed by atoms with Gasteiger partial charge in [0.15, 0.2) is 0 Å². The van der Waals surface area contributed by atoms with Crippen molar-refractivity contribution in [2.24, 2.45) is 0 Å². The summed E-state index contributed by atoms with van der Waals surface area (Å²) in [5.74, 6) is -1.55. The molecule has 1 unspecified atom stereocenters. The zero-order valence-electron chi connectivity index (χ0n) is 16.2. The van der Waals surface area contributed by atoms with Crippen LogP contribution in [-0.2, 0) is 0 Å². The minimum atomic E-state index is -0.420. The fourth-order valence-corrected chi connectivity index (χ4v) is 4.23. The van der Waals surface area contributed by atoms with Crippen LogP contribution in [0.15, 0.2) is 24.3 Å². The lowest BCUT2D eigenvalue weighted by atomic mass is 9.85. The first-order valence-electron chi connectivity index (χ1n) is 9.68. The van der Waals surface area contributed by atoms with E-state index in [9.17, 15) is 19.2 Å². The summed E-state index contributed by atoms with van der Waals surface area (Å²) in [6, 6.07) is 6.17. The van der Waals surface area contributed by atoms with Gasteiger partial charge in [0.2, 0.25) is 0 Å². The van der Waals surface area contributed by atoms with Crippen LogP contribution in [0.2, 0.25) is 0 Å². The van der Waals surface area contributed by atoms with Crippen LogP contribution in [0, 0.1) is 0 Å². The number of carbonyl (C=O) groups is 4. The Kier molecular flexibility index (Phi) is 4.29. The quantitative estimate of drug-likeness (QED) is 0.588. The number of hydrogen-bond acceptors (Lipinski definition) is 4. The molecule has 0 saturated heterocycles. The van der Waals surface area contributed by atoms with Crippen molar-refractivity contribution in [1.29, 1.82) is 0 Å². The molecule has 2 heterocycles. The topological polar surface area (TPSA) is 74.8 Å². The Morgan fingerprint density at radius 3 is 1.61 bits per heavy atom. The summed E-state index contributed by atoms with van der Waals surface area (Å²) in [5, 5.41) is 0.847. The summed E-state index contributed by atoms with van der Waals surface area (Å²) in [5.41, 5.74) is 1.45. The minimum absolute atomic E-state index is 0.212. The maximum Gasteiger partial charge on any atom is 0.261 e. The number of rotatable bonds is 5. The molecule has 2 aliphatic heterocycles. The predicted molar refractivity (Wildman–Crippen MR) is 104 cm³/mol. The van der Waals surface area contributed by atoms with E-state index in [0.717, 1.165) is 30.6 Å². The summed E-state index contributed by atoms with van der Waals surface area (Å²) in [6.45, 7) is 4.00. The molecular formula is C22H22N2O4. The zero-order valence-corrected chi connectivity index (χ0v) is 16.2. The first-order valence-corrected chi connectivity index (χ1v) is 9.68. The number of imide groups is 2. The Bertz CT molecular complexity index is 985. The molecule has 0 spiro atoms. The molecule has 0 saturated carbocycles. The fraction of sp³-hybridized carbons (Fsp3) is 0.364. The molecular weight excluding hydrogens is 356 g/mol. The van der Waals surface area contributed by atoms with Crippen molar-refractivity contribution in [2.45, 2.75) is 45.6 Å². The van der Waals surface area contributed by atoms with Crippen molar-refractivity contribution in [3.63, 3.8) is 0 Å². The van der Waals surface area contributed by atoms with Crippen molar-refractivity contribution >= 4 is 34.4 Å². The molecule has 4 amide bonds. The predicted octanol–water partition coefficient (Wildman–Crippen LogP) is 3.63. The van der Waals surface area contributed by atoms with Gasteiger partial charge in [0.05, 0.1) is 0 Å². The van der Waals surface area contributed by atoms with Crippen molar-refractivity contribution in [2.75, 3.05) is 7.05 Å². The van der Waals surface area contributed by atoms with Crippen molar-refractivity contribution in [3.8, 4) is 0 Å². The second kappa shape index (κ2) is 6.55. The van der Waals surface area contributed by atoms with Gasteiger partial charge in [0.1, 0.15) is 0 Å². The summed E-state index contributed by atoms with van der Waals surface area (Å²) in [4.78, 5) is 53.8. The summed E-state index contributed by atoms with van der Waals surface area (Å²) < 4.78 is 0. The largest absolute Gasteiger partial charge is 0.277 e. The molecule has 0 bridgehead atoms. The molecule has 28 heavy (non-hydrogen) atoms. The van der Waals surface area contributed by atoms with Crippen LogP contribution in [0.5, 0.6) is 0 Å². The molecule has 2 aromatic rings. The summed E-state index contributed by atoms with van der Waals surface area (Å²) in [7, 11) is 1.43. The standard InChI is InChI=1S/C22H22N2O4/c1-4-5-6-7-12(2)24-21(27)15-10-8-13-17-14(20(26)23(3)19(13)25)9-11-16(18(15)17)22(24)28/h8-12H,4-7H2,1-3H3. The van der Waals surface area contributed by atoms with Crippen LogP contribution in [0.25, 0.3) is 10.8 Å². The van der Waals surface area contributed by atoms with E-state index in [1.54, 1.807) is 24.3 Å². The number of nitrogens with zero attached hydrogens (tertiary/aromatic N) is 2. The second-order valence-corrected chi connectivity index (χ2v) is 7.57. The van der Waals surface area contributed by atoms with Crippen LogP contribution in [0.4, 0.5) is 0 Å². The SMILES string of the molecule is CCCCCC(C)N1C(=O)c2ccc3c4c(ccc(c24)C1=O)C(=O)N(C)C3=O. The maximum absolute atomic E-state index is 13.2. The molecule has 0 radical (unpaired) electrons. The van der Waals surface area contributed by atoms with Crippen LogP contribution >= 0.6 is 0 Å². The molecule has 6 heteroatoms. The van der Waals surface area contributed by atoms with Gasteiger partial charge in [-0.25, -0.2) is 0 Å². The minimum Gasteiger partial charge on any atom is -0.277 e. The Morgan fingerprint density at radius 2 is 1.18 bits per heavy atom. The normalized spacial score (nSPS) is 17.0. The highest BCUT2D eigenvalue weighted by Gasteiger charge is 2.39. The van der Waals surface area contributed by atoms with E-state index in [2.05, 4.69) is 6.92 Å². The third-order valence-corrected chi connectivity index (χ3v) is 5.80. The first-order chi connectivity index (χ1) is 13.4. The molecule has 2 aliphatic rings. The molecule has 0 aromatic heterocycles. The Morgan fingerprint density at radius 1 is 0.750 bits per heavy atom. The highest BCUT2D eigenvalue weighted by atomic mass is 16.2. The monoisotopic (exact) mass is 378 g/mol. The zero-order chi connectivity index (χ0) is 20.2. The maximum atomic E-state index is 13.2. The van der Waals surface area contributed by atoms with E-state index < -0.39 is 11.8 Å². The van der Waals surface area contributed by atoms with Gasteiger partial charge in [0.25, 0.3) is 23.6 Å². The number of amides is 4. The smallest absolute Gasteiger partial charge is 0.261 e. The molecule has 4 rings (SSSR count). The molecule has 2 aromatic carbocycles. The molecule has 0 N–H and O–H groups in total. The lowest BCUT2D eigenvalue weighted by Gasteiger charge is -2.34. The van der Waals surface area contributed by atoms with Gasteiger partial charge in [-0.3, -0.25) is 29.0 Å². The fourth-order valence-electron chi connectivity index (χ4n) is 4.23. The summed E-state index contributed by atoms with van der Waals surface area (Å²) in [6.07, 6.45) is 3.82. The van der Waals surface area contributed by atoms with Gasteiger partial charge >= 0.3 is 0 Å². The highest BCUT2D eigenvalue weighted by molar-refractivity contribution is 6.33. The molecule has 144 valence electrons. The van der Waals surface area contributed by atoms with Crippen LogP contribution in [0.3, 0.4) is 0 Å². The van der Waals surface area contributed by atoms with E-state index in [-0.39, 0.29) is 17.9 Å². The van der Waals surface area contributed by atoms with Crippen molar-refractivity contribution in [3.05, 3.63) is 46.5 Å². The number of benzene rings is 2. The van der Waals surface area contributed by atoms with Gasteiger partial charge in [-0.1, -0.05) is 26.2 Å². The Labute approximate surface area is 163 Å². The van der Waals surface area contributed by atoms with E-state index in [1.807, 2.05) is 6.92 Å². The highest BCUT2D eigenvalue weighted by Crippen LogP contribution is 2.38. The number of carbonyl (C=O) groups excluding carboxylic acids is 4. The van der Waals surface area contributed by atoms with E-state index in [1.165, 1.54) is 11.9 Å². The Balaban J connectivity index is 1.88. The molecule has 0 aliphatic carbocycles. The average Bonchev–Trinajstić information content (AvgIpc) is 2.69. The van der Waals surface area contributed by atoms with Gasteiger partial charge in [-0.2, -0.15) is 0 Å². The van der Waals surface area contributed by atoms with Gasteiger partial charge in [-0.15, -0.1) is 0 Å². The third kappa shape index (κ3) is 2.40. The van der Waals surface area contributed by atoms with Crippen molar-refractivity contribution < 1.29 is 19.2 Å². The van der Waals surface area contributed by atoms with Gasteiger partial charge < -0.3 is 0 Å². The van der Waals surface area contributed by atoms with Gasteiger partial charge in [-0.05, 0) is 37.6 Å². The lowest BCUT2D eigenvalue weighted by molar-refractivity contribution is 0.0538. The molecule has 1 atom stereocenters. The molecule has 0 fully saturated rings.